The number of benzene rings is 2. The molecule has 4 aromatic rings. The molecule has 36 heavy (non-hydrogen) atoms. The van der Waals surface area contributed by atoms with E-state index in [1.807, 2.05) is 49.4 Å². The summed E-state index contributed by atoms with van der Waals surface area (Å²) in [5, 5.41) is 17.8. The zero-order chi connectivity index (χ0) is 25.4. The van der Waals surface area contributed by atoms with Crippen LogP contribution in [0.1, 0.15) is 18.1 Å². The van der Waals surface area contributed by atoms with E-state index in [1.165, 1.54) is 11.7 Å². The third kappa shape index (κ3) is 3.73. The van der Waals surface area contributed by atoms with Crippen molar-refractivity contribution in [1.82, 2.24) is 9.78 Å². The first-order valence-corrected chi connectivity index (χ1v) is 11.5. The number of imide groups is 1. The largest absolute Gasteiger partial charge is 0.858 e. The SMILES string of the molecule is CCc1cc[n+](C2=C(c3c(-c4ccccc4)nn(C)c3[O-])C(=O)N(c3ccc(OC)cc3)C2=O)cc1. The number of aryl methyl sites for hydroxylation is 2. The van der Waals surface area contributed by atoms with E-state index in [2.05, 4.69) is 5.10 Å². The maximum atomic E-state index is 13.9. The Bertz CT molecular complexity index is 1490. The summed E-state index contributed by atoms with van der Waals surface area (Å²) in [5.41, 5.74) is 2.68. The number of hydrogen-bond acceptors (Lipinski definition) is 5. The van der Waals surface area contributed by atoms with Crippen LogP contribution in [0.25, 0.3) is 22.5 Å². The van der Waals surface area contributed by atoms with Crippen LogP contribution in [0.15, 0.2) is 79.1 Å². The summed E-state index contributed by atoms with van der Waals surface area (Å²) >= 11 is 0. The number of methoxy groups -OCH3 is 1. The van der Waals surface area contributed by atoms with Crippen molar-refractivity contribution in [2.24, 2.45) is 7.05 Å². The molecule has 0 fully saturated rings. The van der Waals surface area contributed by atoms with Gasteiger partial charge in [0.15, 0.2) is 12.4 Å². The molecule has 0 saturated carbocycles. The van der Waals surface area contributed by atoms with Crippen molar-refractivity contribution >= 4 is 28.8 Å². The van der Waals surface area contributed by atoms with Gasteiger partial charge in [-0.25, -0.2) is 4.90 Å². The molecule has 3 heterocycles. The monoisotopic (exact) mass is 480 g/mol. The van der Waals surface area contributed by atoms with E-state index in [9.17, 15) is 14.7 Å². The van der Waals surface area contributed by atoms with Gasteiger partial charge < -0.3 is 9.84 Å². The summed E-state index contributed by atoms with van der Waals surface area (Å²) in [6.45, 7) is 2.03. The topological polar surface area (TPSA) is 91.4 Å². The van der Waals surface area contributed by atoms with Gasteiger partial charge in [-0.15, -0.1) is 0 Å². The molecule has 0 radical (unpaired) electrons. The Balaban J connectivity index is 1.75. The number of anilines is 1. The Hall–Kier alpha value is -4.72. The molecule has 0 spiro atoms. The van der Waals surface area contributed by atoms with Gasteiger partial charge in [0.25, 0.3) is 11.6 Å². The van der Waals surface area contributed by atoms with Crippen LogP contribution in [-0.4, -0.2) is 28.7 Å². The number of rotatable bonds is 6. The minimum atomic E-state index is -0.588. The van der Waals surface area contributed by atoms with Crippen LogP contribution in [0.3, 0.4) is 0 Å². The van der Waals surface area contributed by atoms with Crippen molar-refractivity contribution in [2.75, 3.05) is 12.0 Å². The predicted octanol–water partition coefficient (Wildman–Crippen LogP) is 2.96. The molecule has 1 aliphatic heterocycles. The average Bonchev–Trinajstić information content (AvgIpc) is 3.35. The molecule has 180 valence electrons. The second-order valence-corrected chi connectivity index (χ2v) is 8.35. The maximum absolute atomic E-state index is 13.9. The smallest absolute Gasteiger partial charge is 0.331 e. The number of hydrogen-bond donors (Lipinski definition) is 0. The average molecular weight is 481 g/mol. The minimum absolute atomic E-state index is 0.0158. The molecular formula is C28H24N4O4. The number of amides is 2. The molecule has 0 bridgehead atoms. The highest BCUT2D eigenvalue weighted by Gasteiger charge is 2.47. The van der Waals surface area contributed by atoms with Gasteiger partial charge in [-0.05, 0) is 42.1 Å². The summed E-state index contributed by atoms with van der Waals surface area (Å²) in [7, 11) is 3.07. The van der Waals surface area contributed by atoms with E-state index in [0.717, 1.165) is 16.9 Å². The van der Waals surface area contributed by atoms with Crippen molar-refractivity contribution in [2.45, 2.75) is 13.3 Å². The first kappa shape index (κ1) is 23.0. The fraction of sp³-hybridized carbons (Fsp3) is 0.143. The molecular weight excluding hydrogens is 456 g/mol. The van der Waals surface area contributed by atoms with Crippen LogP contribution >= 0.6 is 0 Å². The molecule has 0 saturated heterocycles. The minimum Gasteiger partial charge on any atom is -0.858 e. The fourth-order valence-electron chi connectivity index (χ4n) is 4.32. The van der Waals surface area contributed by atoms with Gasteiger partial charge in [0.2, 0.25) is 0 Å². The second-order valence-electron chi connectivity index (χ2n) is 8.35. The lowest BCUT2D eigenvalue weighted by atomic mass is 10.00. The Kier molecular flexibility index (Phi) is 5.85. The van der Waals surface area contributed by atoms with E-state index < -0.39 is 17.7 Å². The zero-order valence-corrected chi connectivity index (χ0v) is 20.1. The van der Waals surface area contributed by atoms with Crippen LogP contribution in [0.2, 0.25) is 0 Å². The van der Waals surface area contributed by atoms with Crippen LogP contribution in [0.5, 0.6) is 11.6 Å². The van der Waals surface area contributed by atoms with Crippen LogP contribution < -0.4 is 19.3 Å². The third-order valence-corrected chi connectivity index (χ3v) is 6.25. The lowest BCUT2D eigenvalue weighted by Gasteiger charge is -2.15. The first-order valence-electron chi connectivity index (χ1n) is 11.5. The number of carbonyl (C=O) groups is 2. The van der Waals surface area contributed by atoms with Gasteiger partial charge >= 0.3 is 5.91 Å². The number of aromatic nitrogens is 3. The normalized spacial score (nSPS) is 13.6. The number of ether oxygens (including phenoxy) is 1. The van der Waals surface area contributed by atoms with Crippen molar-refractivity contribution < 1.29 is 24.0 Å². The number of nitrogens with zero attached hydrogens (tertiary/aromatic N) is 4. The van der Waals surface area contributed by atoms with Crippen molar-refractivity contribution in [3.05, 3.63) is 90.3 Å². The van der Waals surface area contributed by atoms with E-state index in [4.69, 9.17) is 4.74 Å². The van der Waals surface area contributed by atoms with Crippen LogP contribution in [0.4, 0.5) is 5.69 Å². The Morgan fingerprint density at radius 2 is 1.61 bits per heavy atom. The molecule has 2 aromatic carbocycles. The molecule has 0 N–H and O–H groups in total. The van der Waals surface area contributed by atoms with Crippen molar-refractivity contribution in [1.29, 1.82) is 0 Å². The highest BCUT2D eigenvalue weighted by molar-refractivity contribution is 6.53. The molecule has 5 rings (SSSR count). The third-order valence-electron chi connectivity index (χ3n) is 6.25. The standard InChI is InChI=1S/C28H24N4O4/c1-4-18-14-16-31(17-15-18)25-23(22-24(29-30(2)26(22)33)19-8-6-5-7-9-19)27(34)32(28(25)35)20-10-12-21(36-3)13-11-20/h5-17H,4H2,1-3H3. The molecule has 8 nitrogen and oxygen atoms in total. The quantitative estimate of drug-likeness (QED) is 0.313. The summed E-state index contributed by atoms with van der Waals surface area (Å²) < 4.78 is 8.01. The van der Waals surface area contributed by atoms with Gasteiger partial charge in [-0.1, -0.05) is 37.3 Å². The number of pyridine rings is 1. The van der Waals surface area contributed by atoms with Crippen LogP contribution in [0, 0.1) is 0 Å². The lowest BCUT2D eigenvalue weighted by molar-refractivity contribution is -0.576. The van der Waals surface area contributed by atoms with Gasteiger partial charge in [-0.3, -0.25) is 14.3 Å². The molecule has 8 heteroatoms. The Morgan fingerprint density at radius 3 is 2.22 bits per heavy atom. The second kappa shape index (κ2) is 9.14. The van der Waals surface area contributed by atoms with Crippen molar-refractivity contribution in [3.8, 4) is 22.9 Å². The van der Waals surface area contributed by atoms with Gasteiger partial charge in [-0.2, -0.15) is 9.67 Å². The highest BCUT2D eigenvalue weighted by atomic mass is 16.5. The number of carbonyl (C=O) groups excluding carboxylic acids is 2. The summed E-state index contributed by atoms with van der Waals surface area (Å²) in [6.07, 6.45) is 4.29. The van der Waals surface area contributed by atoms with E-state index in [-0.39, 0.29) is 16.8 Å². The summed E-state index contributed by atoms with van der Waals surface area (Å²) in [4.78, 5) is 28.9. The molecule has 0 atom stereocenters. The molecule has 0 unspecified atom stereocenters. The molecule has 1 aliphatic rings. The highest BCUT2D eigenvalue weighted by Crippen LogP contribution is 2.40. The van der Waals surface area contributed by atoms with Gasteiger partial charge in [0.05, 0.1) is 18.5 Å². The van der Waals surface area contributed by atoms with Crippen LogP contribution in [-0.2, 0) is 23.1 Å². The molecule has 2 aromatic heterocycles. The Labute approximate surface area is 208 Å². The summed E-state index contributed by atoms with van der Waals surface area (Å²) in [5.74, 6) is -0.979. The van der Waals surface area contributed by atoms with Crippen molar-refractivity contribution in [3.63, 3.8) is 0 Å². The van der Waals surface area contributed by atoms with Gasteiger partial charge in [0.1, 0.15) is 11.3 Å². The predicted molar refractivity (Wildman–Crippen MR) is 133 cm³/mol. The first-order chi connectivity index (χ1) is 17.4. The fourth-order valence-corrected chi connectivity index (χ4v) is 4.32. The van der Waals surface area contributed by atoms with E-state index in [1.54, 1.807) is 48.3 Å². The maximum Gasteiger partial charge on any atom is 0.331 e. The molecule has 2 amide bonds. The van der Waals surface area contributed by atoms with E-state index >= 15 is 0 Å². The summed E-state index contributed by atoms with van der Waals surface area (Å²) in [6, 6.07) is 19.6. The van der Waals surface area contributed by atoms with E-state index in [0.29, 0.717) is 22.7 Å². The van der Waals surface area contributed by atoms with Gasteiger partial charge in [0, 0.05) is 30.3 Å². The zero-order valence-electron chi connectivity index (χ0n) is 20.1. The molecule has 0 aliphatic carbocycles. The Morgan fingerprint density at radius 1 is 0.944 bits per heavy atom. The lowest BCUT2D eigenvalue weighted by Crippen LogP contribution is -2.39.